The summed E-state index contributed by atoms with van der Waals surface area (Å²) in [5.41, 5.74) is -0.275. The van der Waals surface area contributed by atoms with Gasteiger partial charge in [-0.3, -0.25) is 0 Å². The van der Waals surface area contributed by atoms with Gasteiger partial charge in [-0.15, -0.1) is 11.3 Å². The Morgan fingerprint density at radius 2 is 2.00 bits per heavy atom. The third kappa shape index (κ3) is 3.05. The number of alkyl halides is 3. The lowest BCUT2D eigenvalue weighted by Crippen LogP contribution is -2.10. The number of aliphatic hydroxyl groups is 1. The van der Waals surface area contributed by atoms with Crippen LogP contribution in [0, 0.1) is 6.92 Å². The summed E-state index contributed by atoms with van der Waals surface area (Å²) in [7, 11) is 0. The van der Waals surface area contributed by atoms with Crippen LogP contribution in [-0.4, -0.2) is 15.1 Å². The third-order valence-corrected chi connectivity index (χ3v) is 3.65. The minimum absolute atomic E-state index is 0.101. The number of halogens is 4. The minimum Gasteiger partial charge on any atom is -0.381 e. The van der Waals surface area contributed by atoms with E-state index in [2.05, 4.69) is 9.97 Å². The van der Waals surface area contributed by atoms with E-state index < -0.39 is 18.0 Å². The van der Waals surface area contributed by atoms with Crippen LogP contribution in [0.25, 0.3) is 0 Å². The van der Waals surface area contributed by atoms with Crippen molar-refractivity contribution in [2.45, 2.75) is 19.2 Å². The number of aryl methyl sites for hydroxylation is 1. The van der Waals surface area contributed by atoms with Crippen LogP contribution in [0.4, 0.5) is 13.2 Å². The molecule has 0 amide bonds. The summed E-state index contributed by atoms with van der Waals surface area (Å²) in [6.45, 7) is 1.75. The molecule has 2 rings (SSSR count). The molecule has 0 fully saturated rings. The van der Waals surface area contributed by atoms with Crippen LogP contribution in [0.15, 0.2) is 17.5 Å². The van der Waals surface area contributed by atoms with Gasteiger partial charge in [0.25, 0.3) is 0 Å². The number of hydrogen-bond donors (Lipinski definition) is 1. The Bertz CT molecular complexity index is 600. The molecule has 0 aliphatic carbocycles. The van der Waals surface area contributed by atoms with E-state index in [4.69, 9.17) is 11.6 Å². The number of thiazole rings is 1. The molecule has 0 saturated heterocycles. The summed E-state index contributed by atoms with van der Waals surface area (Å²) < 4.78 is 37.3. The monoisotopic (exact) mass is 308 g/mol. The lowest BCUT2D eigenvalue weighted by atomic mass is 10.1. The van der Waals surface area contributed by atoms with Crippen molar-refractivity contribution in [3.05, 3.63) is 44.6 Å². The molecule has 2 aromatic rings. The van der Waals surface area contributed by atoms with Gasteiger partial charge in [0.1, 0.15) is 22.0 Å². The van der Waals surface area contributed by atoms with Crippen molar-refractivity contribution in [3.63, 3.8) is 0 Å². The maximum atomic E-state index is 12.4. The maximum absolute atomic E-state index is 12.4. The zero-order chi connectivity index (χ0) is 14.2. The summed E-state index contributed by atoms with van der Waals surface area (Å²) in [6, 6.07) is 1.89. The summed E-state index contributed by atoms with van der Waals surface area (Å²) in [6.07, 6.45) is -5.74. The Morgan fingerprint density at radius 1 is 1.32 bits per heavy atom. The highest BCUT2D eigenvalue weighted by Gasteiger charge is 2.33. The largest absolute Gasteiger partial charge is 0.433 e. The molecule has 8 heteroatoms. The second kappa shape index (κ2) is 5.07. The van der Waals surface area contributed by atoms with Gasteiger partial charge in [0.05, 0.1) is 0 Å². The number of pyridine rings is 1. The highest BCUT2D eigenvalue weighted by atomic mass is 35.5. The number of nitrogens with zero attached hydrogens (tertiary/aromatic N) is 2. The molecule has 1 atom stereocenters. The zero-order valence-corrected chi connectivity index (χ0v) is 11.1. The van der Waals surface area contributed by atoms with Gasteiger partial charge in [-0.25, -0.2) is 9.97 Å². The molecule has 1 N–H and O–H groups in total. The van der Waals surface area contributed by atoms with Crippen molar-refractivity contribution in [1.29, 1.82) is 0 Å². The molecule has 2 aromatic heterocycles. The van der Waals surface area contributed by atoms with Crippen molar-refractivity contribution in [1.82, 2.24) is 9.97 Å². The second-order valence-corrected chi connectivity index (χ2v) is 5.05. The number of aliphatic hydroxyl groups excluding tert-OH is 1. The predicted molar refractivity (Wildman–Crippen MR) is 65.2 cm³/mol. The highest BCUT2D eigenvalue weighted by Crippen LogP contribution is 2.33. The first-order valence-corrected chi connectivity index (χ1v) is 6.38. The molecule has 0 aliphatic heterocycles. The van der Waals surface area contributed by atoms with Gasteiger partial charge in [-0.1, -0.05) is 17.7 Å². The second-order valence-electron chi connectivity index (χ2n) is 3.80. The van der Waals surface area contributed by atoms with Gasteiger partial charge in [-0.05, 0) is 13.0 Å². The summed E-state index contributed by atoms with van der Waals surface area (Å²) in [4.78, 5) is 7.31. The molecule has 0 bridgehead atoms. The normalized spacial score (nSPS) is 13.6. The lowest BCUT2D eigenvalue weighted by Gasteiger charge is -2.12. The van der Waals surface area contributed by atoms with Crippen molar-refractivity contribution < 1.29 is 18.3 Å². The Hall–Kier alpha value is -1.18. The fourth-order valence-corrected chi connectivity index (χ4v) is 2.49. The summed E-state index contributed by atoms with van der Waals surface area (Å²) in [5, 5.41) is 11.7. The molecule has 2 heterocycles. The topological polar surface area (TPSA) is 46.0 Å². The number of aromatic nitrogens is 2. The van der Waals surface area contributed by atoms with E-state index in [0.717, 1.165) is 17.8 Å². The Morgan fingerprint density at radius 3 is 2.47 bits per heavy atom. The van der Waals surface area contributed by atoms with Gasteiger partial charge in [-0.2, -0.15) is 13.2 Å². The van der Waals surface area contributed by atoms with E-state index in [0.29, 0.717) is 5.01 Å². The SMILES string of the molecule is Cc1csc(C(O)c2ccc(C(F)(F)F)nc2Cl)n1. The van der Waals surface area contributed by atoms with Crippen LogP contribution < -0.4 is 0 Å². The van der Waals surface area contributed by atoms with Crippen LogP contribution >= 0.6 is 22.9 Å². The number of rotatable bonds is 2. The molecule has 3 nitrogen and oxygen atoms in total. The van der Waals surface area contributed by atoms with Gasteiger partial charge in [0.2, 0.25) is 0 Å². The molecular formula is C11H8ClF3N2OS. The smallest absolute Gasteiger partial charge is 0.381 e. The van der Waals surface area contributed by atoms with Crippen molar-refractivity contribution >= 4 is 22.9 Å². The van der Waals surface area contributed by atoms with E-state index in [-0.39, 0.29) is 10.7 Å². The highest BCUT2D eigenvalue weighted by molar-refractivity contribution is 7.09. The maximum Gasteiger partial charge on any atom is 0.433 e. The zero-order valence-electron chi connectivity index (χ0n) is 9.57. The van der Waals surface area contributed by atoms with Crippen LogP contribution in [0.3, 0.4) is 0 Å². The Balaban J connectivity index is 2.36. The average Bonchev–Trinajstić information content (AvgIpc) is 2.73. The van der Waals surface area contributed by atoms with Crippen LogP contribution in [0.1, 0.15) is 28.1 Å². The van der Waals surface area contributed by atoms with Gasteiger partial charge in [0, 0.05) is 16.6 Å². The first-order valence-electron chi connectivity index (χ1n) is 5.13. The molecule has 0 radical (unpaired) electrons. The molecule has 102 valence electrons. The van der Waals surface area contributed by atoms with E-state index >= 15 is 0 Å². The van der Waals surface area contributed by atoms with Crippen LogP contribution in [0.2, 0.25) is 5.15 Å². The van der Waals surface area contributed by atoms with E-state index in [1.807, 2.05) is 0 Å². The van der Waals surface area contributed by atoms with Gasteiger partial charge >= 0.3 is 6.18 Å². The van der Waals surface area contributed by atoms with E-state index in [9.17, 15) is 18.3 Å². The molecule has 1 unspecified atom stereocenters. The summed E-state index contributed by atoms with van der Waals surface area (Å²) >= 11 is 6.89. The molecule has 0 aliphatic rings. The fraction of sp³-hybridized carbons (Fsp3) is 0.273. The molecule has 19 heavy (non-hydrogen) atoms. The average molecular weight is 309 g/mol. The Labute approximate surface area is 115 Å². The van der Waals surface area contributed by atoms with Gasteiger partial charge < -0.3 is 5.11 Å². The first-order chi connectivity index (χ1) is 8.79. The third-order valence-electron chi connectivity index (χ3n) is 2.33. The Kier molecular flexibility index (Phi) is 3.80. The molecule has 0 saturated carbocycles. The molecular weight excluding hydrogens is 301 g/mol. The van der Waals surface area contributed by atoms with Crippen LogP contribution in [-0.2, 0) is 6.18 Å². The fourth-order valence-electron chi connectivity index (χ4n) is 1.44. The van der Waals surface area contributed by atoms with Gasteiger partial charge in [0.15, 0.2) is 0 Å². The van der Waals surface area contributed by atoms with Crippen molar-refractivity contribution in [2.75, 3.05) is 0 Å². The minimum atomic E-state index is -4.56. The van der Waals surface area contributed by atoms with Crippen LogP contribution in [0.5, 0.6) is 0 Å². The molecule has 0 aromatic carbocycles. The standard InChI is InChI=1S/C11H8ClF3N2OS/c1-5-4-19-10(16-5)8(18)6-2-3-7(11(13,14)15)17-9(6)12/h2-4,8,18H,1H3. The van der Waals surface area contributed by atoms with E-state index in [1.165, 1.54) is 11.3 Å². The quantitative estimate of drug-likeness (QED) is 0.862. The van der Waals surface area contributed by atoms with Crippen molar-refractivity contribution in [2.24, 2.45) is 0 Å². The molecule has 0 spiro atoms. The van der Waals surface area contributed by atoms with Crippen molar-refractivity contribution in [3.8, 4) is 0 Å². The van der Waals surface area contributed by atoms with E-state index in [1.54, 1.807) is 12.3 Å². The number of hydrogen-bond acceptors (Lipinski definition) is 4. The predicted octanol–water partition coefficient (Wildman–Crippen LogP) is 3.60. The first kappa shape index (κ1) is 14.2. The summed E-state index contributed by atoms with van der Waals surface area (Å²) in [5.74, 6) is 0. The lowest BCUT2D eigenvalue weighted by molar-refractivity contribution is -0.141.